The first-order valence-electron chi connectivity index (χ1n) is 12.0. The van der Waals surface area contributed by atoms with Crippen molar-refractivity contribution in [3.8, 4) is 5.75 Å². The topological polar surface area (TPSA) is 88.2 Å². The van der Waals surface area contributed by atoms with Crippen LogP contribution >= 0.6 is 0 Å². The van der Waals surface area contributed by atoms with Crippen LogP contribution < -0.4 is 9.46 Å². The van der Waals surface area contributed by atoms with Crippen LogP contribution in [-0.4, -0.2) is 76.7 Å². The largest absolute Gasteiger partial charge is 0.491 e. The molecule has 8 nitrogen and oxygen atoms in total. The summed E-state index contributed by atoms with van der Waals surface area (Å²) in [5, 5.41) is 0. The van der Waals surface area contributed by atoms with Crippen molar-refractivity contribution in [3.63, 3.8) is 0 Å². The Kier molecular flexibility index (Phi) is 9.15. The highest BCUT2D eigenvalue weighted by atomic mass is 32.2. The molecule has 0 spiro atoms. The molecule has 9 heteroatoms. The van der Waals surface area contributed by atoms with E-state index >= 15 is 0 Å². The number of nitrogens with zero attached hydrogens (tertiary/aromatic N) is 2. The summed E-state index contributed by atoms with van der Waals surface area (Å²) in [6, 6.07) is 13.0. The van der Waals surface area contributed by atoms with Gasteiger partial charge in [0.25, 0.3) is 15.9 Å². The summed E-state index contributed by atoms with van der Waals surface area (Å²) in [7, 11) is -0.347. The van der Waals surface area contributed by atoms with Gasteiger partial charge in [0.15, 0.2) is 0 Å². The zero-order chi connectivity index (χ0) is 25.6. The molecule has 0 aliphatic carbocycles. The van der Waals surface area contributed by atoms with Crippen LogP contribution in [0, 0.1) is 5.92 Å². The molecule has 1 amide bonds. The number of carbonyl (C=O) groups is 1. The van der Waals surface area contributed by atoms with E-state index in [-0.39, 0.29) is 28.9 Å². The Morgan fingerprint density at radius 3 is 2.49 bits per heavy atom. The molecule has 0 fully saturated rings. The first-order valence-corrected chi connectivity index (χ1v) is 13.5. The van der Waals surface area contributed by atoms with Gasteiger partial charge in [-0.1, -0.05) is 32.0 Å². The molecule has 0 unspecified atom stereocenters. The number of sulfonamides is 1. The summed E-state index contributed by atoms with van der Waals surface area (Å²) in [5.41, 5.74) is 0.712. The number of methoxy groups -OCH3 is 1. The number of fused-ring (bicyclic) bond motifs is 1. The summed E-state index contributed by atoms with van der Waals surface area (Å²) < 4.78 is 40.1. The Labute approximate surface area is 209 Å². The van der Waals surface area contributed by atoms with Crippen LogP contribution in [0.1, 0.15) is 37.6 Å². The van der Waals surface area contributed by atoms with Gasteiger partial charge in [0.1, 0.15) is 12.4 Å². The molecule has 0 saturated carbocycles. The van der Waals surface area contributed by atoms with Crippen molar-refractivity contribution in [2.75, 3.05) is 45.1 Å². The van der Waals surface area contributed by atoms with Crippen molar-refractivity contribution in [2.24, 2.45) is 5.92 Å². The van der Waals surface area contributed by atoms with E-state index in [9.17, 15) is 13.2 Å². The van der Waals surface area contributed by atoms with Gasteiger partial charge in [0.2, 0.25) is 0 Å². The third kappa shape index (κ3) is 6.74. The minimum atomic E-state index is -3.77. The summed E-state index contributed by atoms with van der Waals surface area (Å²) in [4.78, 5) is 17.5. The molecule has 1 aliphatic heterocycles. The van der Waals surface area contributed by atoms with Gasteiger partial charge >= 0.3 is 0 Å². The molecule has 192 valence electrons. The van der Waals surface area contributed by atoms with Crippen LogP contribution in [0.15, 0.2) is 53.4 Å². The lowest BCUT2D eigenvalue weighted by Gasteiger charge is -2.35. The van der Waals surface area contributed by atoms with Gasteiger partial charge < -0.3 is 14.4 Å². The predicted molar refractivity (Wildman–Crippen MR) is 137 cm³/mol. The van der Waals surface area contributed by atoms with Crippen molar-refractivity contribution < 1.29 is 22.7 Å². The maximum atomic E-state index is 13.3. The second-order valence-corrected chi connectivity index (χ2v) is 10.9. The zero-order valence-corrected chi connectivity index (χ0v) is 22.0. The monoisotopic (exact) mass is 503 g/mol. The summed E-state index contributed by atoms with van der Waals surface area (Å²) in [6.45, 7) is 8.94. The molecule has 2 aromatic rings. The van der Waals surface area contributed by atoms with Gasteiger partial charge in [0, 0.05) is 39.4 Å². The van der Waals surface area contributed by atoms with Crippen LogP contribution in [-0.2, 0) is 14.8 Å². The van der Waals surface area contributed by atoms with E-state index in [1.165, 1.54) is 12.1 Å². The van der Waals surface area contributed by atoms with Crippen LogP contribution in [0.3, 0.4) is 0 Å². The number of carbonyl (C=O) groups excluding carboxylic acids is 1. The second-order valence-electron chi connectivity index (χ2n) is 9.22. The molecular formula is C26H37N3O5S. The molecule has 0 aromatic heterocycles. The lowest BCUT2D eigenvalue weighted by atomic mass is 10.0. The maximum absolute atomic E-state index is 13.3. The Morgan fingerprint density at radius 2 is 1.83 bits per heavy atom. The lowest BCUT2D eigenvalue weighted by Crippen LogP contribution is -2.46. The van der Waals surface area contributed by atoms with Gasteiger partial charge in [-0.3, -0.25) is 14.4 Å². The normalized spacial score (nSPS) is 22.5. The highest BCUT2D eigenvalue weighted by Crippen LogP contribution is 2.28. The third-order valence-electron chi connectivity index (χ3n) is 6.39. The first-order chi connectivity index (χ1) is 16.7. The SMILES string of the molecule is CCCN1C[C@@H](C)[C@H](OC)CN(C)C(=O)c2ccc(NS(=O)(=O)c3ccccc3)cc2OC[C@H]1C. The lowest BCUT2D eigenvalue weighted by molar-refractivity contribution is 0.0108. The van der Waals surface area contributed by atoms with E-state index in [0.29, 0.717) is 30.2 Å². The number of anilines is 1. The standard InChI is InChI=1S/C26H37N3O5S/c1-6-14-29-16-19(2)25(33-5)17-28(4)26(30)23-13-12-21(15-24(23)34-18-20(29)3)27-35(31,32)22-10-8-7-9-11-22/h7-13,15,19-20,25,27H,6,14,16-18H2,1-5H3/t19-,20-,25-/m1/s1. The van der Waals surface area contributed by atoms with Crippen LogP contribution in [0.2, 0.25) is 0 Å². The van der Waals surface area contributed by atoms with Gasteiger partial charge in [-0.2, -0.15) is 0 Å². The van der Waals surface area contributed by atoms with Crippen LogP contribution in [0.4, 0.5) is 5.69 Å². The fraction of sp³-hybridized carbons (Fsp3) is 0.500. The van der Waals surface area contributed by atoms with Crippen molar-refractivity contribution in [2.45, 2.75) is 44.2 Å². The molecular weight excluding hydrogens is 466 g/mol. The van der Waals surface area contributed by atoms with Crippen LogP contribution in [0.5, 0.6) is 5.75 Å². The van der Waals surface area contributed by atoms with Crippen molar-refractivity contribution in [1.82, 2.24) is 9.80 Å². The fourth-order valence-corrected chi connectivity index (χ4v) is 5.39. The second kappa shape index (κ2) is 11.9. The van der Waals surface area contributed by atoms with E-state index in [0.717, 1.165) is 19.5 Å². The zero-order valence-electron chi connectivity index (χ0n) is 21.2. The Bertz CT molecular complexity index is 1090. The van der Waals surface area contributed by atoms with Gasteiger partial charge in [-0.25, -0.2) is 8.42 Å². The van der Waals surface area contributed by atoms with E-state index in [1.54, 1.807) is 55.5 Å². The quantitative estimate of drug-likeness (QED) is 0.647. The van der Waals surface area contributed by atoms with Crippen molar-refractivity contribution in [3.05, 3.63) is 54.1 Å². The number of nitrogens with one attached hydrogen (secondary N) is 1. The minimum absolute atomic E-state index is 0.0969. The Morgan fingerprint density at radius 1 is 1.11 bits per heavy atom. The smallest absolute Gasteiger partial charge is 0.261 e. The minimum Gasteiger partial charge on any atom is -0.491 e. The summed E-state index contributed by atoms with van der Waals surface area (Å²) in [5.74, 6) is 0.365. The first kappa shape index (κ1) is 27.0. The van der Waals surface area contributed by atoms with E-state index in [2.05, 4.69) is 30.4 Å². The van der Waals surface area contributed by atoms with Gasteiger partial charge in [-0.05, 0) is 50.1 Å². The van der Waals surface area contributed by atoms with Crippen LogP contribution in [0.25, 0.3) is 0 Å². The predicted octanol–water partition coefficient (Wildman–Crippen LogP) is 3.70. The van der Waals surface area contributed by atoms with Crippen molar-refractivity contribution in [1.29, 1.82) is 0 Å². The fourth-order valence-electron chi connectivity index (χ4n) is 4.32. The number of rotatable bonds is 6. The molecule has 1 heterocycles. The molecule has 0 radical (unpaired) electrons. The molecule has 3 atom stereocenters. The molecule has 1 aliphatic rings. The number of amides is 1. The summed E-state index contributed by atoms with van der Waals surface area (Å²) in [6.07, 6.45) is 0.894. The number of hydrogen-bond acceptors (Lipinski definition) is 6. The van der Waals surface area contributed by atoms with E-state index < -0.39 is 10.0 Å². The number of benzene rings is 2. The average molecular weight is 504 g/mol. The maximum Gasteiger partial charge on any atom is 0.261 e. The number of likely N-dealkylation sites (N-methyl/N-ethyl adjacent to an activating group) is 1. The number of hydrogen-bond donors (Lipinski definition) is 1. The molecule has 0 bridgehead atoms. The Balaban J connectivity index is 1.95. The Hall–Kier alpha value is -2.62. The molecule has 3 rings (SSSR count). The molecule has 1 N–H and O–H groups in total. The van der Waals surface area contributed by atoms with Crippen molar-refractivity contribution >= 4 is 21.6 Å². The van der Waals surface area contributed by atoms with Gasteiger partial charge in [0.05, 0.1) is 22.3 Å². The molecule has 0 saturated heterocycles. The number of ether oxygens (including phenoxy) is 2. The van der Waals surface area contributed by atoms with E-state index in [4.69, 9.17) is 9.47 Å². The molecule has 2 aromatic carbocycles. The third-order valence-corrected chi connectivity index (χ3v) is 7.79. The molecule has 35 heavy (non-hydrogen) atoms. The van der Waals surface area contributed by atoms with Gasteiger partial charge in [-0.15, -0.1) is 0 Å². The van der Waals surface area contributed by atoms with E-state index in [1.807, 2.05) is 0 Å². The summed E-state index contributed by atoms with van der Waals surface area (Å²) >= 11 is 0. The average Bonchev–Trinajstić information content (AvgIpc) is 2.84. The highest BCUT2D eigenvalue weighted by Gasteiger charge is 2.28. The highest BCUT2D eigenvalue weighted by molar-refractivity contribution is 7.92.